The predicted molar refractivity (Wildman–Crippen MR) is 144 cm³/mol. The lowest BCUT2D eigenvalue weighted by molar-refractivity contribution is -0.137. The van der Waals surface area contributed by atoms with Gasteiger partial charge in [-0.25, -0.2) is 9.59 Å². The molecule has 4 rings (SSSR count). The van der Waals surface area contributed by atoms with Crippen molar-refractivity contribution in [2.24, 2.45) is 0 Å². The van der Waals surface area contributed by atoms with Gasteiger partial charge in [0.05, 0.1) is 22.5 Å². The zero-order valence-electron chi connectivity index (χ0n) is 21.0. The highest BCUT2D eigenvalue weighted by Crippen LogP contribution is 2.35. The molecule has 0 unspecified atom stereocenters. The highest BCUT2D eigenvalue weighted by atomic mass is 19.4. The SMILES string of the molecule is O=C(Nc1ccc(Cc2ccc(NC(=O)Nc3ccccc3C(F)(F)F)cc2)cc1)Nc1ccccc1C(F)(F)F. The van der Waals surface area contributed by atoms with Crippen LogP contribution in [-0.2, 0) is 18.8 Å². The summed E-state index contributed by atoms with van der Waals surface area (Å²) in [4.78, 5) is 24.5. The van der Waals surface area contributed by atoms with Crippen molar-refractivity contribution in [1.29, 1.82) is 0 Å². The second-order valence-corrected chi connectivity index (χ2v) is 8.82. The van der Waals surface area contributed by atoms with E-state index in [4.69, 9.17) is 0 Å². The zero-order valence-corrected chi connectivity index (χ0v) is 21.0. The van der Waals surface area contributed by atoms with Gasteiger partial charge in [-0.15, -0.1) is 0 Å². The van der Waals surface area contributed by atoms with Crippen LogP contribution in [0.15, 0.2) is 97.1 Å². The standard InChI is InChI=1S/C29H22F6N4O2/c30-28(31,32)22-5-1-3-7-24(22)38-26(40)36-20-13-9-18(10-14-20)17-19-11-15-21(16-12-19)37-27(41)39-25-8-4-2-6-23(25)29(33,34)35/h1-16H,17H2,(H2,36,38,40)(H2,37,39,41). The number of rotatable bonds is 6. The van der Waals surface area contributed by atoms with Crippen LogP contribution in [0.5, 0.6) is 0 Å². The number of urea groups is 2. The van der Waals surface area contributed by atoms with Gasteiger partial charge in [-0.2, -0.15) is 26.3 Å². The number of anilines is 4. The Morgan fingerprint density at radius 3 is 1.17 bits per heavy atom. The van der Waals surface area contributed by atoms with Crippen LogP contribution in [-0.4, -0.2) is 12.1 Å². The summed E-state index contributed by atoms with van der Waals surface area (Å²) in [7, 11) is 0. The summed E-state index contributed by atoms with van der Waals surface area (Å²) in [6.45, 7) is 0. The van der Waals surface area contributed by atoms with E-state index in [2.05, 4.69) is 21.3 Å². The van der Waals surface area contributed by atoms with E-state index in [1.807, 2.05) is 0 Å². The highest BCUT2D eigenvalue weighted by molar-refractivity contribution is 6.01. The first-order valence-electron chi connectivity index (χ1n) is 12.0. The molecule has 0 bridgehead atoms. The minimum atomic E-state index is -4.62. The molecule has 4 aromatic carbocycles. The average molecular weight is 573 g/mol. The fourth-order valence-electron chi connectivity index (χ4n) is 3.90. The zero-order chi connectivity index (χ0) is 29.6. The van der Waals surface area contributed by atoms with Crippen molar-refractivity contribution >= 4 is 34.8 Å². The van der Waals surface area contributed by atoms with Gasteiger partial charge in [0.2, 0.25) is 0 Å². The van der Waals surface area contributed by atoms with E-state index in [0.29, 0.717) is 17.8 Å². The number of hydrogen-bond acceptors (Lipinski definition) is 2. The van der Waals surface area contributed by atoms with Crippen molar-refractivity contribution in [2.75, 3.05) is 21.3 Å². The summed E-state index contributed by atoms with van der Waals surface area (Å²) in [6, 6.07) is 21.0. The molecule has 4 aromatic rings. The molecule has 12 heteroatoms. The lowest BCUT2D eigenvalue weighted by atomic mass is 10.0. The van der Waals surface area contributed by atoms with E-state index < -0.39 is 35.5 Å². The smallest absolute Gasteiger partial charge is 0.308 e. The topological polar surface area (TPSA) is 82.3 Å². The number of hydrogen-bond donors (Lipinski definition) is 4. The van der Waals surface area contributed by atoms with E-state index in [0.717, 1.165) is 35.4 Å². The van der Waals surface area contributed by atoms with Gasteiger partial charge in [-0.1, -0.05) is 48.5 Å². The molecule has 0 heterocycles. The van der Waals surface area contributed by atoms with Crippen molar-refractivity contribution < 1.29 is 35.9 Å². The Morgan fingerprint density at radius 2 is 0.829 bits per heavy atom. The Balaban J connectivity index is 1.31. The molecule has 0 spiro atoms. The molecule has 4 N–H and O–H groups in total. The Morgan fingerprint density at radius 1 is 0.488 bits per heavy atom. The van der Waals surface area contributed by atoms with Crippen LogP contribution < -0.4 is 21.3 Å². The lowest BCUT2D eigenvalue weighted by Gasteiger charge is -2.14. The fourth-order valence-corrected chi connectivity index (χ4v) is 3.90. The van der Waals surface area contributed by atoms with Gasteiger partial charge in [0.15, 0.2) is 0 Å². The second kappa shape index (κ2) is 12.0. The van der Waals surface area contributed by atoms with Crippen molar-refractivity contribution in [2.45, 2.75) is 18.8 Å². The molecule has 6 nitrogen and oxygen atoms in total. The van der Waals surface area contributed by atoms with E-state index in [1.54, 1.807) is 48.5 Å². The van der Waals surface area contributed by atoms with Crippen LogP contribution in [0.4, 0.5) is 58.7 Å². The van der Waals surface area contributed by atoms with Gasteiger partial charge in [-0.05, 0) is 66.1 Å². The van der Waals surface area contributed by atoms with Crippen molar-refractivity contribution in [3.05, 3.63) is 119 Å². The lowest BCUT2D eigenvalue weighted by Crippen LogP contribution is -2.21. The largest absolute Gasteiger partial charge is 0.418 e. The van der Waals surface area contributed by atoms with Gasteiger partial charge in [0.1, 0.15) is 0 Å². The van der Waals surface area contributed by atoms with Gasteiger partial charge in [0.25, 0.3) is 0 Å². The molecule has 0 atom stereocenters. The van der Waals surface area contributed by atoms with E-state index >= 15 is 0 Å². The second-order valence-electron chi connectivity index (χ2n) is 8.82. The Bertz CT molecular complexity index is 1400. The Hall–Kier alpha value is -5.00. The molecule has 0 radical (unpaired) electrons. The number of benzene rings is 4. The predicted octanol–water partition coefficient (Wildman–Crippen LogP) is 8.60. The van der Waals surface area contributed by atoms with Crippen LogP contribution >= 0.6 is 0 Å². The molecule has 212 valence electrons. The third-order valence-corrected chi connectivity index (χ3v) is 5.79. The van der Waals surface area contributed by atoms with Gasteiger partial charge in [0, 0.05) is 11.4 Å². The van der Waals surface area contributed by atoms with E-state index in [-0.39, 0.29) is 11.4 Å². The molecule has 41 heavy (non-hydrogen) atoms. The normalized spacial score (nSPS) is 11.5. The number of halogens is 6. The third-order valence-electron chi connectivity index (χ3n) is 5.79. The summed E-state index contributed by atoms with van der Waals surface area (Å²) in [5.74, 6) is 0. The monoisotopic (exact) mass is 572 g/mol. The molecule has 0 saturated heterocycles. The fraction of sp³-hybridized carbons (Fsp3) is 0.103. The number of carbonyl (C=O) groups excluding carboxylic acids is 2. The first-order chi connectivity index (χ1) is 19.4. The Kier molecular flexibility index (Phi) is 8.51. The van der Waals surface area contributed by atoms with Crippen molar-refractivity contribution in [3.63, 3.8) is 0 Å². The summed E-state index contributed by atoms with van der Waals surface area (Å²) < 4.78 is 78.8. The minimum Gasteiger partial charge on any atom is -0.308 e. The molecule has 0 saturated carbocycles. The molecular weight excluding hydrogens is 550 g/mol. The third kappa shape index (κ3) is 8.01. The van der Waals surface area contributed by atoms with Crippen LogP contribution in [0.2, 0.25) is 0 Å². The quantitative estimate of drug-likeness (QED) is 0.175. The van der Waals surface area contributed by atoms with E-state index in [9.17, 15) is 35.9 Å². The van der Waals surface area contributed by atoms with E-state index in [1.165, 1.54) is 24.3 Å². The molecule has 0 aliphatic rings. The highest BCUT2D eigenvalue weighted by Gasteiger charge is 2.34. The molecule has 0 fully saturated rings. The number of para-hydroxylation sites is 2. The van der Waals surface area contributed by atoms with Crippen molar-refractivity contribution in [3.8, 4) is 0 Å². The van der Waals surface area contributed by atoms with Gasteiger partial charge < -0.3 is 21.3 Å². The molecular formula is C29H22F6N4O2. The Labute approximate surface area is 230 Å². The van der Waals surface area contributed by atoms with Crippen LogP contribution in [0.25, 0.3) is 0 Å². The summed E-state index contributed by atoms with van der Waals surface area (Å²) in [5, 5.41) is 9.39. The van der Waals surface area contributed by atoms with Gasteiger partial charge >= 0.3 is 24.4 Å². The number of carbonyl (C=O) groups is 2. The first kappa shape index (κ1) is 29.0. The molecule has 0 aromatic heterocycles. The average Bonchev–Trinajstić information content (AvgIpc) is 2.90. The van der Waals surface area contributed by atoms with Gasteiger partial charge in [-0.3, -0.25) is 0 Å². The maximum atomic E-state index is 13.1. The number of amides is 4. The summed E-state index contributed by atoms with van der Waals surface area (Å²) in [5.41, 5.74) is -0.187. The molecule has 0 aliphatic carbocycles. The summed E-state index contributed by atoms with van der Waals surface area (Å²) in [6.07, 6.45) is -8.75. The molecule has 0 aliphatic heterocycles. The summed E-state index contributed by atoms with van der Waals surface area (Å²) >= 11 is 0. The maximum absolute atomic E-state index is 13.1. The minimum absolute atomic E-state index is 0.365. The first-order valence-corrected chi connectivity index (χ1v) is 12.0. The van der Waals surface area contributed by atoms with Crippen LogP contribution in [0.1, 0.15) is 22.3 Å². The van der Waals surface area contributed by atoms with Crippen LogP contribution in [0, 0.1) is 0 Å². The maximum Gasteiger partial charge on any atom is 0.418 e. The van der Waals surface area contributed by atoms with Crippen molar-refractivity contribution in [1.82, 2.24) is 0 Å². The van der Waals surface area contributed by atoms with Crippen LogP contribution in [0.3, 0.4) is 0 Å². The molecule has 4 amide bonds. The number of alkyl halides is 6. The number of nitrogens with one attached hydrogen (secondary N) is 4.